The van der Waals surface area contributed by atoms with Crippen LogP contribution in [-0.2, 0) is 0 Å². The van der Waals surface area contributed by atoms with Gasteiger partial charge in [-0.1, -0.05) is 44.2 Å². The highest BCUT2D eigenvalue weighted by atomic mass is 19.1. The molecule has 92 valence electrons. The lowest BCUT2D eigenvalue weighted by Gasteiger charge is -2.24. The molecule has 1 aliphatic carbocycles. The van der Waals surface area contributed by atoms with Gasteiger partial charge in [0.25, 0.3) is 0 Å². The van der Waals surface area contributed by atoms with Gasteiger partial charge in [-0.3, -0.25) is 0 Å². The van der Waals surface area contributed by atoms with E-state index < -0.39 is 0 Å². The van der Waals surface area contributed by atoms with Gasteiger partial charge in [0, 0.05) is 12.5 Å². The van der Waals surface area contributed by atoms with Gasteiger partial charge in [-0.05, 0) is 24.0 Å². The summed E-state index contributed by atoms with van der Waals surface area (Å²) in [6.45, 7) is 0.923. The SMILES string of the molecule is Fc1cccc2c1NCC2CC1CCCCC1. The molecule has 2 heteroatoms. The minimum atomic E-state index is -0.0892. The third-order valence-electron chi connectivity index (χ3n) is 4.35. The van der Waals surface area contributed by atoms with Crippen molar-refractivity contribution in [1.82, 2.24) is 0 Å². The Balaban J connectivity index is 1.72. The first-order chi connectivity index (χ1) is 8.34. The largest absolute Gasteiger partial charge is 0.382 e. The molecule has 0 radical (unpaired) electrons. The number of para-hydroxylation sites is 1. The maximum Gasteiger partial charge on any atom is 0.146 e. The van der Waals surface area contributed by atoms with Gasteiger partial charge in [-0.25, -0.2) is 4.39 Å². The molecule has 0 spiro atoms. The average Bonchev–Trinajstić information content (AvgIpc) is 2.76. The smallest absolute Gasteiger partial charge is 0.146 e. The quantitative estimate of drug-likeness (QED) is 0.802. The molecule has 1 fully saturated rings. The molecule has 0 amide bonds. The Hall–Kier alpha value is -1.05. The van der Waals surface area contributed by atoms with Crippen molar-refractivity contribution in [1.29, 1.82) is 0 Å². The van der Waals surface area contributed by atoms with Crippen LogP contribution in [0.4, 0.5) is 10.1 Å². The number of hydrogen-bond donors (Lipinski definition) is 1. The molecular weight excluding hydrogens is 213 g/mol. The molecule has 1 atom stereocenters. The van der Waals surface area contributed by atoms with Crippen LogP contribution in [0.2, 0.25) is 0 Å². The van der Waals surface area contributed by atoms with Crippen LogP contribution in [-0.4, -0.2) is 6.54 Å². The summed E-state index contributed by atoms with van der Waals surface area (Å²) in [6, 6.07) is 5.48. The number of fused-ring (bicyclic) bond motifs is 1. The molecule has 0 aromatic heterocycles. The van der Waals surface area contributed by atoms with E-state index in [-0.39, 0.29) is 5.82 Å². The Kier molecular flexibility index (Phi) is 3.04. The second-order valence-corrected chi connectivity index (χ2v) is 5.52. The molecule has 2 aliphatic rings. The molecule has 0 bridgehead atoms. The van der Waals surface area contributed by atoms with Crippen molar-refractivity contribution in [3.05, 3.63) is 29.6 Å². The van der Waals surface area contributed by atoms with Crippen LogP contribution in [0.3, 0.4) is 0 Å². The summed E-state index contributed by atoms with van der Waals surface area (Å²) < 4.78 is 13.6. The molecule has 1 N–H and O–H groups in total. The Bertz CT molecular complexity index is 396. The predicted octanol–water partition coefficient (Wildman–Crippen LogP) is 4.31. The molecule has 1 unspecified atom stereocenters. The van der Waals surface area contributed by atoms with Gasteiger partial charge < -0.3 is 5.32 Å². The number of benzene rings is 1. The van der Waals surface area contributed by atoms with Gasteiger partial charge in [0.05, 0.1) is 5.69 Å². The summed E-state index contributed by atoms with van der Waals surface area (Å²) in [4.78, 5) is 0. The number of halogens is 1. The number of anilines is 1. The van der Waals surface area contributed by atoms with Crippen LogP contribution in [0.15, 0.2) is 18.2 Å². The minimum absolute atomic E-state index is 0.0892. The zero-order chi connectivity index (χ0) is 11.7. The van der Waals surface area contributed by atoms with Crippen LogP contribution in [0.1, 0.15) is 50.0 Å². The molecule has 1 saturated carbocycles. The monoisotopic (exact) mass is 233 g/mol. The van der Waals surface area contributed by atoms with Crippen LogP contribution >= 0.6 is 0 Å². The highest BCUT2D eigenvalue weighted by molar-refractivity contribution is 5.58. The summed E-state index contributed by atoms with van der Waals surface area (Å²) in [5.41, 5.74) is 1.96. The topological polar surface area (TPSA) is 12.0 Å². The van der Waals surface area contributed by atoms with Crippen molar-refractivity contribution in [2.45, 2.75) is 44.4 Å². The highest BCUT2D eigenvalue weighted by Gasteiger charge is 2.27. The zero-order valence-corrected chi connectivity index (χ0v) is 10.2. The molecule has 17 heavy (non-hydrogen) atoms. The fourth-order valence-electron chi connectivity index (χ4n) is 3.44. The van der Waals surface area contributed by atoms with E-state index in [1.54, 1.807) is 6.07 Å². The van der Waals surface area contributed by atoms with E-state index in [9.17, 15) is 4.39 Å². The first kappa shape index (κ1) is 11.1. The molecule has 1 aromatic carbocycles. The van der Waals surface area contributed by atoms with Gasteiger partial charge in [0.1, 0.15) is 5.82 Å². The third-order valence-corrected chi connectivity index (χ3v) is 4.35. The second kappa shape index (κ2) is 4.67. The third kappa shape index (κ3) is 2.18. The van der Waals surface area contributed by atoms with Gasteiger partial charge in [0.2, 0.25) is 0 Å². The Labute approximate surface area is 102 Å². The maximum absolute atomic E-state index is 13.6. The molecule has 1 aliphatic heterocycles. The minimum Gasteiger partial charge on any atom is -0.382 e. The lowest BCUT2D eigenvalue weighted by molar-refractivity contribution is 0.322. The summed E-state index contributed by atoms with van der Waals surface area (Å²) in [5, 5.41) is 3.23. The van der Waals surface area contributed by atoms with Gasteiger partial charge in [0.15, 0.2) is 0 Å². The van der Waals surface area contributed by atoms with Gasteiger partial charge in [-0.15, -0.1) is 0 Å². The summed E-state index contributed by atoms with van der Waals surface area (Å²) in [7, 11) is 0. The highest BCUT2D eigenvalue weighted by Crippen LogP contribution is 2.39. The average molecular weight is 233 g/mol. The van der Waals surface area contributed by atoms with E-state index in [0.717, 1.165) is 18.2 Å². The Morgan fingerprint density at radius 3 is 2.82 bits per heavy atom. The predicted molar refractivity (Wildman–Crippen MR) is 68.8 cm³/mol. The fraction of sp³-hybridized carbons (Fsp3) is 0.600. The first-order valence-electron chi connectivity index (χ1n) is 6.87. The maximum atomic E-state index is 13.6. The molecule has 1 nitrogen and oxygen atoms in total. The molecule has 1 aromatic rings. The molecule has 1 heterocycles. The van der Waals surface area contributed by atoms with E-state index in [1.807, 2.05) is 6.07 Å². The summed E-state index contributed by atoms with van der Waals surface area (Å²) in [5.74, 6) is 1.31. The van der Waals surface area contributed by atoms with Crippen molar-refractivity contribution < 1.29 is 4.39 Å². The van der Waals surface area contributed by atoms with Crippen LogP contribution in [0, 0.1) is 11.7 Å². The van der Waals surface area contributed by atoms with Crippen LogP contribution < -0.4 is 5.32 Å². The van der Waals surface area contributed by atoms with Crippen molar-refractivity contribution in [2.75, 3.05) is 11.9 Å². The van der Waals surface area contributed by atoms with E-state index >= 15 is 0 Å². The van der Waals surface area contributed by atoms with E-state index in [1.165, 1.54) is 44.1 Å². The van der Waals surface area contributed by atoms with Crippen molar-refractivity contribution in [3.63, 3.8) is 0 Å². The van der Waals surface area contributed by atoms with Gasteiger partial charge >= 0.3 is 0 Å². The summed E-state index contributed by atoms with van der Waals surface area (Å²) in [6.07, 6.45) is 8.18. The zero-order valence-electron chi connectivity index (χ0n) is 10.2. The van der Waals surface area contributed by atoms with E-state index in [2.05, 4.69) is 11.4 Å². The van der Waals surface area contributed by atoms with Crippen molar-refractivity contribution in [2.24, 2.45) is 5.92 Å². The normalized spacial score (nSPS) is 24.4. The van der Waals surface area contributed by atoms with Crippen LogP contribution in [0.25, 0.3) is 0 Å². The Morgan fingerprint density at radius 2 is 2.00 bits per heavy atom. The summed E-state index contributed by atoms with van der Waals surface area (Å²) >= 11 is 0. The lowest BCUT2D eigenvalue weighted by atomic mass is 9.81. The second-order valence-electron chi connectivity index (χ2n) is 5.52. The number of nitrogens with one attached hydrogen (secondary N) is 1. The molecular formula is C15H20FN. The van der Waals surface area contributed by atoms with E-state index in [4.69, 9.17) is 0 Å². The molecule has 3 rings (SSSR count). The standard InChI is InChI=1S/C15H20FN/c16-14-8-4-7-13-12(10-17-15(13)14)9-11-5-2-1-3-6-11/h4,7-8,11-12,17H,1-3,5-6,9-10H2. The van der Waals surface area contributed by atoms with Crippen LogP contribution in [0.5, 0.6) is 0 Å². The number of hydrogen-bond acceptors (Lipinski definition) is 1. The fourth-order valence-corrected chi connectivity index (χ4v) is 3.44. The Morgan fingerprint density at radius 1 is 1.18 bits per heavy atom. The van der Waals surface area contributed by atoms with Crippen molar-refractivity contribution in [3.8, 4) is 0 Å². The first-order valence-corrected chi connectivity index (χ1v) is 6.87. The van der Waals surface area contributed by atoms with Crippen molar-refractivity contribution >= 4 is 5.69 Å². The van der Waals surface area contributed by atoms with Gasteiger partial charge in [-0.2, -0.15) is 0 Å². The molecule has 0 saturated heterocycles. The number of rotatable bonds is 2. The lowest BCUT2D eigenvalue weighted by Crippen LogP contribution is -2.12. The van der Waals surface area contributed by atoms with E-state index in [0.29, 0.717) is 5.92 Å².